The van der Waals surface area contributed by atoms with E-state index in [0.717, 1.165) is 28.6 Å². The van der Waals surface area contributed by atoms with Crippen LogP contribution in [-0.2, 0) is 6.61 Å². The van der Waals surface area contributed by atoms with Gasteiger partial charge in [-0.15, -0.1) is 0 Å². The van der Waals surface area contributed by atoms with Crippen molar-refractivity contribution in [2.75, 3.05) is 0 Å². The number of rotatable bonds is 1. The number of hydrogen-bond donors (Lipinski definition) is 0. The molecule has 3 heterocycles. The molecule has 3 aromatic rings. The number of pyridine rings is 1. The predicted molar refractivity (Wildman–Crippen MR) is 76.1 cm³/mol. The van der Waals surface area contributed by atoms with E-state index in [9.17, 15) is 0 Å². The Bertz CT molecular complexity index is 780. The van der Waals surface area contributed by atoms with Gasteiger partial charge in [-0.05, 0) is 24.3 Å². The number of nitrogens with zero attached hydrogens (tertiary/aromatic N) is 3. The lowest BCUT2D eigenvalue weighted by atomic mass is 10.2. The van der Waals surface area contributed by atoms with E-state index < -0.39 is 0 Å². The fourth-order valence-corrected chi connectivity index (χ4v) is 2.41. The van der Waals surface area contributed by atoms with Gasteiger partial charge >= 0.3 is 0 Å². The van der Waals surface area contributed by atoms with Crippen LogP contribution in [0.4, 0.5) is 0 Å². The molecule has 0 saturated heterocycles. The van der Waals surface area contributed by atoms with E-state index in [1.54, 1.807) is 6.20 Å². The first-order valence-electron chi connectivity index (χ1n) is 6.24. The van der Waals surface area contributed by atoms with Crippen molar-refractivity contribution in [3.05, 3.63) is 59.6 Å². The monoisotopic (exact) mass is 283 g/mol. The second-order valence-corrected chi connectivity index (χ2v) is 4.97. The summed E-state index contributed by atoms with van der Waals surface area (Å²) < 4.78 is 7.63. The topological polar surface area (TPSA) is 39.9 Å². The number of halogens is 1. The van der Waals surface area contributed by atoms with E-state index in [1.807, 2.05) is 47.2 Å². The van der Waals surface area contributed by atoms with Gasteiger partial charge in [-0.25, -0.2) is 9.97 Å². The van der Waals surface area contributed by atoms with Crippen molar-refractivity contribution >= 4 is 11.6 Å². The van der Waals surface area contributed by atoms with Gasteiger partial charge in [0.05, 0.1) is 5.69 Å². The van der Waals surface area contributed by atoms with Crippen molar-refractivity contribution in [1.29, 1.82) is 0 Å². The molecule has 5 heteroatoms. The number of aromatic nitrogens is 3. The first-order chi connectivity index (χ1) is 9.81. The maximum Gasteiger partial charge on any atom is 0.181 e. The molecule has 1 aromatic carbocycles. The lowest BCUT2D eigenvalue weighted by molar-refractivity contribution is 0.277. The Kier molecular flexibility index (Phi) is 2.50. The molecule has 98 valence electrons. The van der Waals surface area contributed by atoms with Gasteiger partial charge in [-0.1, -0.05) is 23.7 Å². The van der Waals surface area contributed by atoms with Crippen molar-refractivity contribution in [3.63, 3.8) is 0 Å². The molecule has 0 radical (unpaired) electrons. The van der Waals surface area contributed by atoms with Crippen LogP contribution >= 0.6 is 11.6 Å². The predicted octanol–water partition coefficient (Wildman–Crippen LogP) is 3.48. The Morgan fingerprint density at radius 1 is 1.15 bits per heavy atom. The molecule has 0 atom stereocenters. The van der Waals surface area contributed by atoms with Crippen molar-refractivity contribution in [2.24, 2.45) is 0 Å². The van der Waals surface area contributed by atoms with Crippen LogP contribution in [-0.4, -0.2) is 14.5 Å². The van der Waals surface area contributed by atoms with Crippen LogP contribution in [0.3, 0.4) is 0 Å². The number of benzene rings is 1. The maximum absolute atomic E-state index is 5.91. The summed E-state index contributed by atoms with van der Waals surface area (Å²) in [4.78, 5) is 8.96. The third-order valence-corrected chi connectivity index (χ3v) is 3.51. The molecule has 2 aromatic heterocycles. The molecule has 0 fully saturated rings. The zero-order valence-electron chi connectivity index (χ0n) is 10.5. The normalized spacial score (nSPS) is 12.4. The number of hydrogen-bond acceptors (Lipinski definition) is 3. The van der Waals surface area contributed by atoms with E-state index in [1.165, 1.54) is 0 Å². The van der Waals surface area contributed by atoms with Crippen LogP contribution in [0.1, 0.15) is 5.82 Å². The standard InChI is InChI=1S/C15H10ClN3O/c16-11-5-3-10(4-6-11)12-8-19-14(18-12)9-20-13-2-1-7-17-15(13)19/h1-8H,9H2. The summed E-state index contributed by atoms with van der Waals surface area (Å²) in [5.74, 6) is 2.41. The molecule has 0 spiro atoms. The summed E-state index contributed by atoms with van der Waals surface area (Å²) in [6, 6.07) is 11.4. The Morgan fingerprint density at radius 3 is 2.85 bits per heavy atom. The van der Waals surface area contributed by atoms with E-state index >= 15 is 0 Å². The lowest BCUT2D eigenvalue weighted by Crippen LogP contribution is -2.13. The minimum atomic E-state index is 0.451. The smallest absolute Gasteiger partial charge is 0.181 e. The first kappa shape index (κ1) is 11.5. The van der Waals surface area contributed by atoms with Gasteiger partial charge in [0.25, 0.3) is 0 Å². The maximum atomic E-state index is 5.91. The molecular formula is C15H10ClN3O. The fraction of sp³-hybridized carbons (Fsp3) is 0.0667. The minimum Gasteiger partial charge on any atom is -0.482 e. The Balaban J connectivity index is 1.84. The molecule has 20 heavy (non-hydrogen) atoms. The molecule has 0 N–H and O–H groups in total. The van der Waals surface area contributed by atoms with Crippen molar-refractivity contribution in [1.82, 2.24) is 14.5 Å². The van der Waals surface area contributed by atoms with Gasteiger partial charge in [-0.2, -0.15) is 0 Å². The van der Waals surface area contributed by atoms with E-state index in [2.05, 4.69) is 9.97 Å². The van der Waals surface area contributed by atoms with Gasteiger partial charge in [0.2, 0.25) is 0 Å². The van der Waals surface area contributed by atoms with Crippen LogP contribution in [0.5, 0.6) is 5.75 Å². The zero-order chi connectivity index (χ0) is 13.5. The molecule has 0 saturated carbocycles. The van der Waals surface area contributed by atoms with Crippen LogP contribution < -0.4 is 4.74 Å². The molecule has 1 aliphatic rings. The molecule has 4 nitrogen and oxygen atoms in total. The van der Waals surface area contributed by atoms with E-state index in [-0.39, 0.29) is 0 Å². The SMILES string of the molecule is Clc1ccc(-c2cn3c(n2)COc2cccnc2-3)cc1. The van der Waals surface area contributed by atoms with E-state index in [0.29, 0.717) is 11.6 Å². The van der Waals surface area contributed by atoms with Crippen LogP contribution in [0.15, 0.2) is 48.8 Å². The Labute approximate surface area is 120 Å². The van der Waals surface area contributed by atoms with Crippen molar-refractivity contribution < 1.29 is 4.74 Å². The summed E-state index contributed by atoms with van der Waals surface area (Å²) in [7, 11) is 0. The second-order valence-electron chi connectivity index (χ2n) is 4.53. The van der Waals surface area contributed by atoms with Gasteiger partial charge in [0, 0.05) is 23.0 Å². The highest BCUT2D eigenvalue weighted by atomic mass is 35.5. The van der Waals surface area contributed by atoms with Crippen LogP contribution in [0.25, 0.3) is 17.1 Å². The quantitative estimate of drug-likeness (QED) is 0.686. The number of fused-ring (bicyclic) bond motifs is 3. The van der Waals surface area contributed by atoms with Gasteiger partial charge < -0.3 is 4.74 Å². The molecule has 0 amide bonds. The third kappa shape index (κ3) is 1.77. The summed E-state index contributed by atoms with van der Waals surface area (Å²) in [5.41, 5.74) is 1.91. The average Bonchev–Trinajstić information content (AvgIpc) is 2.92. The highest BCUT2D eigenvalue weighted by molar-refractivity contribution is 6.30. The third-order valence-electron chi connectivity index (χ3n) is 3.25. The van der Waals surface area contributed by atoms with Crippen molar-refractivity contribution in [2.45, 2.75) is 6.61 Å². The minimum absolute atomic E-state index is 0.451. The second kappa shape index (κ2) is 4.35. The summed E-state index contributed by atoms with van der Waals surface area (Å²) in [5, 5.41) is 0.716. The van der Waals surface area contributed by atoms with Crippen molar-refractivity contribution in [3.8, 4) is 22.8 Å². The van der Waals surface area contributed by atoms with Crippen LogP contribution in [0.2, 0.25) is 5.02 Å². The highest BCUT2D eigenvalue weighted by Crippen LogP contribution is 2.30. The van der Waals surface area contributed by atoms with E-state index in [4.69, 9.17) is 16.3 Å². The van der Waals surface area contributed by atoms with Crippen LogP contribution in [0, 0.1) is 0 Å². The molecular weight excluding hydrogens is 274 g/mol. The average molecular weight is 284 g/mol. The largest absolute Gasteiger partial charge is 0.482 e. The highest BCUT2D eigenvalue weighted by Gasteiger charge is 2.20. The first-order valence-corrected chi connectivity index (χ1v) is 6.61. The van der Waals surface area contributed by atoms with Gasteiger partial charge in [0.1, 0.15) is 6.61 Å². The fourth-order valence-electron chi connectivity index (χ4n) is 2.28. The number of ether oxygens (including phenoxy) is 1. The zero-order valence-corrected chi connectivity index (χ0v) is 11.2. The summed E-state index contributed by atoms with van der Waals surface area (Å²) in [6.45, 7) is 0.451. The lowest BCUT2D eigenvalue weighted by Gasteiger charge is -2.17. The Morgan fingerprint density at radius 2 is 2.00 bits per heavy atom. The Hall–Kier alpha value is -2.33. The summed E-state index contributed by atoms with van der Waals surface area (Å²) in [6.07, 6.45) is 3.73. The molecule has 0 bridgehead atoms. The molecule has 4 rings (SSSR count). The van der Waals surface area contributed by atoms with Gasteiger partial charge in [0.15, 0.2) is 17.4 Å². The van der Waals surface area contributed by atoms with Gasteiger partial charge in [-0.3, -0.25) is 4.57 Å². The number of imidazole rings is 1. The summed E-state index contributed by atoms with van der Waals surface area (Å²) >= 11 is 5.91. The molecule has 0 unspecified atom stereocenters. The molecule has 1 aliphatic heterocycles. The molecule has 0 aliphatic carbocycles.